The van der Waals surface area contributed by atoms with Gasteiger partial charge in [0.15, 0.2) is 0 Å². The second kappa shape index (κ2) is 6.38. The van der Waals surface area contributed by atoms with Crippen LogP contribution in [0.15, 0.2) is 60.7 Å². The Hall–Kier alpha value is -2.08. The molecule has 0 heteroatoms. The Kier molecular flexibility index (Phi) is 4.57. The lowest BCUT2D eigenvalue weighted by Crippen LogP contribution is -1.78. The maximum absolute atomic E-state index is 2.24. The van der Waals surface area contributed by atoms with Crippen molar-refractivity contribution in [2.24, 2.45) is 0 Å². The average Bonchev–Trinajstić information content (AvgIpc) is 2.44. The second-order valence-corrected chi connectivity index (χ2v) is 5.38. The van der Waals surface area contributed by atoms with Crippen LogP contribution < -0.4 is 0 Å². The third kappa shape index (κ3) is 3.48. The predicted molar refractivity (Wildman–Crippen MR) is 89.3 cm³/mol. The van der Waals surface area contributed by atoms with E-state index in [0.717, 1.165) is 0 Å². The van der Waals surface area contributed by atoms with Gasteiger partial charge in [-0.1, -0.05) is 66.2 Å². The Morgan fingerprint density at radius 2 is 1.15 bits per heavy atom. The molecular formula is C20H22. The molecule has 0 N–H and O–H groups in total. The Morgan fingerprint density at radius 1 is 0.550 bits per heavy atom. The van der Waals surface area contributed by atoms with Gasteiger partial charge in [-0.05, 0) is 55.2 Å². The molecule has 0 atom stereocenters. The zero-order valence-electron chi connectivity index (χ0n) is 12.8. The van der Waals surface area contributed by atoms with E-state index < -0.39 is 0 Å². The molecule has 102 valence electrons. The summed E-state index contributed by atoms with van der Waals surface area (Å²) in [7, 11) is 0. The molecule has 3 aromatic carbocycles. The Bertz CT molecular complexity index is 687. The van der Waals surface area contributed by atoms with Crippen LogP contribution in [0.3, 0.4) is 0 Å². The van der Waals surface area contributed by atoms with Crippen molar-refractivity contribution in [3.8, 4) is 0 Å². The zero-order chi connectivity index (χ0) is 14.5. The van der Waals surface area contributed by atoms with Gasteiger partial charge in [0, 0.05) is 0 Å². The van der Waals surface area contributed by atoms with Gasteiger partial charge >= 0.3 is 0 Å². The first-order valence-corrected chi connectivity index (χ1v) is 7.06. The standard InChI is InChI=1S/C12H12.C8H10/c1-9-6-7-11-5-3-4-10(2)12(11)8-9;1-7-5-3-4-6-8(7)2/h3-8H,1-2H3;3-6H,1-2H3. The van der Waals surface area contributed by atoms with Crippen molar-refractivity contribution >= 4 is 10.8 Å². The van der Waals surface area contributed by atoms with E-state index in [1.165, 1.54) is 33.0 Å². The summed E-state index contributed by atoms with van der Waals surface area (Å²) in [6, 6.07) is 21.3. The maximum Gasteiger partial charge on any atom is -0.0152 e. The minimum absolute atomic E-state index is 1.33. The summed E-state index contributed by atoms with van der Waals surface area (Å²) in [4.78, 5) is 0. The molecule has 0 aliphatic heterocycles. The van der Waals surface area contributed by atoms with E-state index in [4.69, 9.17) is 0 Å². The third-order valence-electron chi connectivity index (χ3n) is 3.68. The van der Waals surface area contributed by atoms with E-state index in [-0.39, 0.29) is 0 Å². The number of benzene rings is 3. The molecule has 0 aromatic heterocycles. The zero-order valence-corrected chi connectivity index (χ0v) is 12.8. The van der Waals surface area contributed by atoms with E-state index in [2.05, 4.69) is 88.4 Å². The molecule has 0 spiro atoms. The largest absolute Gasteiger partial charge is 0.0620 e. The third-order valence-corrected chi connectivity index (χ3v) is 3.68. The minimum Gasteiger partial charge on any atom is -0.0620 e. The van der Waals surface area contributed by atoms with Crippen molar-refractivity contribution in [1.29, 1.82) is 0 Å². The highest BCUT2D eigenvalue weighted by Gasteiger charge is 1.95. The quantitative estimate of drug-likeness (QED) is 0.483. The number of fused-ring (bicyclic) bond motifs is 1. The normalized spacial score (nSPS) is 10.0. The Labute approximate surface area is 122 Å². The molecule has 0 amide bonds. The lowest BCUT2D eigenvalue weighted by atomic mass is 10.0. The number of hydrogen-bond acceptors (Lipinski definition) is 0. The van der Waals surface area contributed by atoms with Gasteiger partial charge in [-0.15, -0.1) is 0 Å². The van der Waals surface area contributed by atoms with Crippen molar-refractivity contribution in [2.45, 2.75) is 27.7 Å². The molecule has 0 aliphatic carbocycles. The second-order valence-electron chi connectivity index (χ2n) is 5.38. The van der Waals surface area contributed by atoms with E-state index in [1.807, 2.05) is 0 Å². The molecule has 0 aliphatic rings. The highest BCUT2D eigenvalue weighted by molar-refractivity contribution is 5.86. The first-order valence-electron chi connectivity index (χ1n) is 7.06. The lowest BCUT2D eigenvalue weighted by molar-refractivity contribution is 1.34. The molecule has 3 rings (SSSR count). The Balaban J connectivity index is 0.000000160. The molecule has 0 fully saturated rings. The van der Waals surface area contributed by atoms with Crippen molar-refractivity contribution in [2.75, 3.05) is 0 Å². The van der Waals surface area contributed by atoms with Crippen molar-refractivity contribution in [1.82, 2.24) is 0 Å². The molecule has 0 nitrogen and oxygen atoms in total. The lowest BCUT2D eigenvalue weighted by Gasteiger charge is -2.01. The first kappa shape index (κ1) is 14.3. The van der Waals surface area contributed by atoms with E-state index in [0.29, 0.717) is 0 Å². The van der Waals surface area contributed by atoms with Crippen LogP contribution in [-0.2, 0) is 0 Å². The maximum atomic E-state index is 2.24. The van der Waals surface area contributed by atoms with Crippen LogP contribution in [0.4, 0.5) is 0 Å². The summed E-state index contributed by atoms with van der Waals surface area (Å²) in [5.41, 5.74) is 5.42. The van der Waals surface area contributed by atoms with Crippen molar-refractivity contribution in [3.05, 3.63) is 82.9 Å². The molecule has 0 unspecified atom stereocenters. The highest BCUT2D eigenvalue weighted by atomic mass is 14.0. The van der Waals surface area contributed by atoms with Crippen LogP contribution >= 0.6 is 0 Å². The van der Waals surface area contributed by atoms with Crippen LogP contribution in [-0.4, -0.2) is 0 Å². The van der Waals surface area contributed by atoms with E-state index >= 15 is 0 Å². The summed E-state index contributed by atoms with van der Waals surface area (Å²) in [6.45, 7) is 8.53. The molecule has 0 saturated heterocycles. The van der Waals surface area contributed by atoms with Gasteiger partial charge in [0.1, 0.15) is 0 Å². The van der Waals surface area contributed by atoms with Gasteiger partial charge in [-0.25, -0.2) is 0 Å². The smallest absolute Gasteiger partial charge is 0.0152 e. The summed E-state index contributed by atoms with van der Waals surface area (Å²) in [5, 5.41) is 2.71. The molecule has 0 radical (unpaired) electrons. The van der Waals surface area contributed by atoms with Crippen LogP contribution in [0, 0.1) is 27.7 Å². The summed E-state index contributed by atoms with van der Waals surface area (Å²) >= 11 is 0. The molecule has 3 aromatic rings. The Morgan fingerprint density at radius 3 is 1.75 bits per heavy atom. The molecular weight excluding hydrogens is 240 g/mol. The SMILES string of the molecule is Cc1ccc2cccc(C)c2c1.Cc1ccccc1C. The molecule has 20 heavy (non-hydrogen) atoms. The van der Waals surface area contributed by atoms with Gasteiger partial charge in [-0.2, -0.15) is 0 Å². The monoisotopic (exact) mass is 262 g/mol. The van der Waals surface area contributed by atoms with Crippen LogP contribution in [0.5, 0.6) is 0 Å². The van der Waals surface area contributed by atoms with Gasteiger partial charge in [-0.3, -0.25) is 0 Å². The van der Waals surface area contributed by atoms with Crippen LogP contribution in [0.1, 0.15) is 22.3 Å². The van der Waals surface area contributed by atoms with Crippen molar-refractivity contribution < 1.29 is 0 Å². The summed E-state index contributed by atoms with van der Waals surface area (Å²) < 4.78 is 0. The van der Waals surface area contributed by atoms with Gasteiger partial charge in [0.25, 0.3) is 0 Å². The molecule has 0 heterocycles. The average molecular weight is 262 g/mol. The van der Waals surface area contributed by atoms with Gasteiger partial charge in [0.05, 0.1) is 0 Å². The number of rotatable bonds is 0. The fraction of sp³-hybridized carbons (Fsp3) is 0.200. The fourth-order valence-electron chi connectivity index (χ4n) is 2.21. The summed E-state index contributed by atoms with van der Waals surface area (Å²) in [6.07, 6.45) is 0. The minimum atomic E-state index is 1.33. The summed E-state index contributed by atoms with van der Waals surface area (Å²) in [5.74, 6) is 0. The number of aryl methyl sites for hydroxylation is 4. The molecule has 0 bridgehead atoms. The topological polar surface area (TPSA) is 0 Å². The van der Waals surface area contributed by atoms with Crippen molar-refractivity contribution in [3.63, 3.8) is 0 Å². The van der Waals surface area contributed by atoms with E-state index in [9.17, 15) is 0 Å². The first-order chi connectivity index (χ1) is 9.58. The van der Waals surface area contributed by atoms with E-state index in [1.54, 1.807) is 0 Å². The highest BCUT2D eigenvalue weighted by Crippen LogP contribution is 2.18. The van der Waals surface area contributed by atoms with Gasteiger partial charge in [0.2, 0.25) is 0 Å². The van der Waals surface area contributed by atoms with Gasteiger partial charge < -0.3 is 0 Å². The van der Waals surface area contributed by atoms with Crippen LogP contribution in [0.2, 0.25) is 0 Å². The fourth-order valence-corrected chi connectivity index (χ4v) is 2.21. The predicted octanol–water partition coefficient (Wildman–Crippen LogP) is 5.76. The number of hydrogen-bond donors (Lipinski definition) is 0. The van der Waals surface area contributed by atoms with Crippen LogP contribution in [0.25, 0.3) is 10.8 Å². The molecule has 0 saturated carbocycles.